The Bertz CT molecular complexity index is 249. The summed E-state index contributed by atoms with van der Waals surface area (Å²) < 4.78 is 7.40. The lowest BCUT2D eigenvalue weighted by Crippen LogP contribution is -2.42. The lowest BCUT2D eigenvalue weighted by molar-refractivity contribution is -0.0290. The highest BCUT2D eigenvalue weighted by atomic mass is 16.5. The molecule has 0 amide bonds. The van der Waals surface area contributed by atoms with E-state index in [1.165, 1.54) is 0 Å². The van der Waals surface area contributed by atoms with Gasteiger partial charge in [-0.1, -0.05) is 0 Å². The fraction of sp³-hybridized carbons (Fsp3) is 0.750. The number of nitrogens with zero attached hydrogens (tertiary/aromatic N) is 4. The van der Waals surface area contributed by atoms with Gasteiger partial charge in [-0.15, -0.1) is 0 Å². The molecule has 1 fully saturated rings. The minimum absolute atomic E-state index is 0.250. The molecular weight excluding hydrogens is 168 g/mol. The van der Waals surface area contributed by atoms with Gasteiger partial charge in [-0.05, 0) is 7.05 Å². The Morgan fingerprint density at radius 2 is 2.54 bits per heavy atom. The lowest BCUT2D eigenvalue weighted by Gasteiger charge is -2.29. The molecule has 5 nitrogen and oxygen atoms in total. The van der Waals surface area contributed by atoms with Crippen LogP contribution in [0.25, 0.3) is 0 Å². The SMILES string of the molecule is CN1CCOC(Cn2cncn2)C1. The largest absolute Gasteiger partial charge is 0.374 e. The van der Waals surface area contributed by atoms with E-state index in [2.05, 4.69) is 22.0 Å². The van der Waals surface area contributed by atoms with Gasteiger partial charge < -0.3 is 9.64 Å². The average Bonchev–Trinajstić information content (AvgIpc) is 2.57. The summed E-state index contributed by atoms with van der Waals surface area (Å²) in [5.41, 5.74) is 0. The van der Waals surface area contributed by atoms with Gasteiger partial charge in [0, 0.05) is 13.1 Å². The zero-order chi connectivity index (χ0) is 9.10. The minimum Gasteiger partial charge on any atom is -0.374 e. The van der Waals surface area contributed by atoms with Gasteiger partial charge in [0.2, 0.25) is 0 Å². The zero-order valence-electron chi connectivity index (χ0n) is 7.76. The highest BCUT2D eigenvalue weighted by Crippen LogP contribution is 2.04. The van der Waals surface area contributed by atoms with E-state index in [4.69, 9.17) is 4.74 Å². The molecule has 1 aromatic rings. The maximum Gasteiger partial charge on any atom is 0.137 e. The smallest absolute Gasteiger partial charge is 0.137 e. The standard InChI is InChI=1S/C8H14N4O/c1-11-2-3-13-8(4-11)5-12-7-9-6-10-12/h6-8H,2-5H2,1H3. The molecule has 0 bridgehead atoms. The first-order valence-corrected chi connectivity index (χ1v) is 4.47. The van der Waals surface area contributed by atoms with Crippen LogP contribution >= 0.6 is 0 Å². The van der Waals surface area contributed by atoms with E-state index in [1.54, 1.807) is 12.7 Å². The number of rotatable bonds is 2. The first-order chi connectivity index (χ1) is 6.34. The van der Waals surface area contributed by atoms with Crippen molar-refractivity contribution in [2.75, 3.05) is 26.7 Å². The second kappa shape index (κ2) is 3.85. The molecule has 2 heterocycles. The van der Waals surface area contributed by atoms with Crippen molar-refractivity contribution in [2.24, 2.45) is 0 Å². The van der Waals surface area contributed by atoms with Gasteiger partial charge in [0.1, 0.15) is 12.7 Å². The highest BCUT2D eigenvalue weighted by molar-refractivity contribution is 4.69. The Kier molecular flexibility index (Phi) is 2.56. The van der Waals surface area contributed by atoms with Crippen molar-refractivity contribution >= 4 is 0 Å². The molecule has 1 aromatic heterocycles. The summed E-state index contributed by atoms with van der Waals surface area (Å²) in [4.78, 5) is 6.16. The lowest BCUT2D eigenvalue weighted by atomic mass is 10.3. The van der Waals surface area contributed by atoms with Gasteiger partial charge in [-0.2, -0.15) is 5.10 Å². The molecule has 0 spiro atoms. The van der Waals surface area contributed by atoms with Crippen molar-refractivity contribution < 1.29 is 4.74 Å². The first kappa shape index (κ1) is 8.65. The monoisotopic (exact) mass is 182 g/mol. The van der Waals surface area contributed by atoms with Crippen LogP contribution in [0.2, 0.25) is 0 Å². The van der Waals surface area contributed by atoms with Crippen molar-refractivity contribution in [3.05, 3.63) is 12.7 Å². The van der Waals surface area contributed by atoms with Crippen LogP contribution in [-0.4, -0.2) is 52.5 Å². The summed E-state index contributed by atoms with van der Waals surface area (Å²) in [5, 5.41) is 4.04. The predicted molar refractivity (Wildman–Crippen MR) is 47.3 cm³/mol. The van der Waals surface area contributed by atoms with Crippen molar-refractivity contribution in [2.45, 2.75) is 12.6 Å². The van der Waals surface area contributed by atoms with Gasteiger partial charge in [0.05, 0.1) is 19.3 Å². The number of likely N-dealkylation sites (N-methyl/N-ethyl adjacent to an activating group) is 1. The Labute approximate surface area is 77.3 Å². The summed E-state index contributed by atoms with van der Waals surface area (Å²) in [5.74, 6) is 0. The molecule has 1 unspecified atom stereocenters. The number of hydrogen-bond donors (Lipinski definition) is 0. The molecule has 13 heavy (non-hydrogen) atoms. The maximum absolute atomic E-state index is 5.59. The molecule has 1 aliphatic heterocycles. The number of morpholine rings is 1. The van der Waals surface area contributed by atoms with Crippen LogP contribution in [0.3, 0.4) is 0 Å². The van der Waals surface area contributed by atoms with E-state index < -0.39 is 0 Å². The molecule has 2 rings (SSSR count). The third-order valence-electron chi connectivity index (χ3n) is 2.20. The summed E-state index contributed by atoms with van der Waals surface area (Å²) in [6.07, 6.45) is 3.52. The van der Waals surface area contributed by atoms with Crippen molar-refractivity contribution in [1.82, 2.24) is 19.7 Å². The zero-order valence-corrected chi connectivity index (χ0v) is 7.76. The van der Waals surface area contributed by atoms with Gasteiger partial charge >= 0.3 is 0 Å². The van der Waals surface area contributed by atoms with Gasteiger partial charge in [0.25, 0.3) is 0 Å². The predicted octanol–water partition coefficient (Wildman–Crippen LogP) is -0.391. The van der Waals surface area contributed by atoms with Crippen molar-refractivity contribution in [3.8, 4) is 0 Å². The van der Waals surface area contributed by atoms with Crippen LogP contribution in [-0.2, 0) is 11.3 Å². The van der Waals surface area contributed by atoms with E-state index in [1.807, 2.05) is 4.68 Å². The molecule has 1 atom stereocenters. The topological polar surface area (TPSA) is 43.2 Å². The highest BCUT2D eigenvalue weighted by Gasteiger charge is 2.17. The van der Waals surface area contributed by atoms with E-state index in [0.717, 1.165) is 26.2 Å². The van der Waals surface area contributed by atoms with Crippen molar-refractivity contribution in [1.29, 1.82) is 0 Å². The minimum atomic E-state index is 0.250. The van der Waals surface area contributed by atoms with E-state index >= 15 is 0 Å². The quantitative estimate of drug-likeness (QED) is 0.624. The van der Waals surface area contributed by atoms with E-state index in [-0.39, 0.29) is 6.10 Å². The maximum atomic E-state index is 5.59. The van der Waals surface area contributed by atoms with Crippen LogP contribution < -0.4 is 0 Å². The third-order valence-corrected chi connectivity index (χ3v) is 2.20. The molecule has 0 saturated carbocycles. The Morgan fingerprint density at radius 3 is 3.23 bits per heavy atom. The first-order valence-electron chi connectivity index (χ1n) is 4.47. The van der Waals surface area contributed by atoms with Crippen LogP contribution in [0.5, 0.6) is 0 Å². The van der Waals surface area contributed by atoms with Crippen LogP contribution in [0, 0.1) is 0 Å². The Hall–Kier alpha value is -0.940. The Morgan fingerprint density at radius 1 is 1.62 bits per heavy atom. The summed E-state index contributed by atoms with van der Waals surface area (Å²) >= 11 is 0. The number of hydrogen-bond acceptors (Lipinski definition) is 4. The van der Waals surface area contributed by atoms with E-state index in [9.17, 15) is 0 Å². The second-order valence-electron chi connectivity index (χ2n) is 3.37. The Balaban J connectivity index is 1.87. The molecular formula is C8H14N4O. The van der Waals surface area contributed by atoms with E-state index in [0.29, 0.717) is 0 Å². The summed E-state index contributed by atoms with van der Waals surface area (Å²) in [6.45, 7) is 3.61. The van der Waals surface area contributed by atoms with Gasteiger partial charge in [-0.3, -0.25) is 4.68 Å². The number of ether oxygens (including phenoxy) is 1. The number of aromatic nitrogens is 3. The molecule has 5 heteroatoms. The fourth-order valence-electron chi connectivity index (χ4n) is 1.51. The fourth-order valence-corrected chi connectivity index (χ4v) is 1.51. The molecule has 0 N–H and O–H groups in total. The van der Waals surface area contributed by atoms with Crippen LogP contribution in [0.1, 0.15) is 0 Å². The molecule has 0 aromatic carbocycles. The second-order valence-corrected chi connectivity index (χ2v) is 3.37. The molecule has 72 valence electrons. The van der Waals surface area contributed by atoms with Crippen LogP contribution in [0.4, 0.5) is 0 Å². The molecule has 1 saturated heterocycles. The normalized spacial score (nSPS) is 24.8. The summed E-state index contributed by atoms with van der Waals surface area (Å²) in [7, 11) is 2.11. The molecule has 1 aliphatic rings. The third kappa shape index (κ3) is 2.26. The average molecular weight is 182 g/mol. The molecule has 0 radical (unpaired) electrons. The van der Waals surface area contributed by atoms with Crippen LogP contribution in [0.15, 0.2) is 12.7 Å². The molecule has 0 aliphatic carbocycles. The summed E-state index contributed by atoms with van der Waals surface area (Å²) in [6, 6.07) is 0. The van der Waals surface area contributed by atoms with Crippen molar-refractivity contribution in [3.63, 3.8) is 0 Å². The van der Waals surface area contributed by atoms with Gasteiger partial charge in [-0.25, -0.2) is 4.98 Å². The van der Waals surface area contributed by atoms with Gasteiger partial charge in [0.15, 0.2) is 0 Å².